The van der Waals surface area contributed by atoms with E-state index < -0.39 is 33.2 Å². The number of aromatic nitrogens is 1. The molecule has 0 aliphatic heterocycles. The maximum Gasteiger partial charge on any atom is 0.339 e. The number of halogens is 2. The number of aromatic amines is 1. The third-order valence-electron chi connectivity index (χ3n) is 4.72. The fourth-order valence-corrected chi connectivity index (χ4v) is 4.19. The molecule has 1 aromatic heterocycles. The number of carbonyl (C=O) groups is 1. The van der Waals surface area contributed by atoms with Crippen LogP contribution in [0.25, 0.3) is 10.9 Å². The van der Waals surface area contributed by atoms with E-state index in [0.29, 0.717) is 5.56 Å². The van der Waals surface area contributed by atoms with Crippen molar-refractivity contribution < 1.29 is 26.7 Å². The Hall–Kier alpha value is -4.05. The van der Waals surface area contributed by atoms with Crippen LogP contribution in [0.5, 0.6) is 0 Å². The minimum atomic E-state index is -4.08. The Morgan fingerprint density at radius 3 is 2.21 bits per heavy atom. The van der Waals surface area contributed by atoms with Gasteiger partial charge in [0.05, 0.1) is 10.5 Å². The van der Waals surface area contributed by atoms with Crippen LogP contribution in [0, 0.1) is 11.6 Å². The number of anilines is 1. The SMILES string of the molecule is O=C(OCc1ccc(F)cc1)c1cc(=O)[nH]c2ccc(S(=O)(=O)Nc3ccc(F)cc3)cc12. The molecule has 4 aromatic rings. The lowest BCUT2D eigenvalue weighted by molar-refractivity contribution is 0.0475. The number of nitrogens with one attached hydrogen (secondary N) is 2. The largest absolute Gasteiger partial charge is 0.457 e. The molecule has 33 heavy (non-hydrogen) atoms. The molecule has 10 heteroatoms. The van der Waals surface area contributed by atoms with Crippen LogP contribution >= 0.6 is 0 Å². The monoisotopic (exact) mass is 470 g/mol. The second kappa shape index (κ2) is 8.83. The van der Waals surface area contributed by atoms with Gasteiger partial charge in [-0.2, -0.15) is 0 Å². The maximum atomic E-state index is 13.1. The molecule has 4 rings (SSSR count). The van der Waals surface area contributed by atoms with Crippen molar-refractivity contribution in [2.45, 2.75) is 11.5 Å². The normalized spacial score (nSPS) is 11.3. The first-order valence-electron chi connectivity index (χ1n) is 9.58. The molecular weight excluding hydrogens is 454 g/mol. The van der Waals surface area contributed by atoms with Crippen molar-refractivity contribution in [1.29, 1.82) is 0 Å². The van der Waals surface area contributed by atoms with Crippen LogP contribution in [-0.4, -0.2) is 19.4 Å². The van der Waals surface area contributed by atoms with Crippen molar-refractivity contribution in [3.05, 3.63) is 106 Å². The summed E-state index contributed by atoms with van der Waals surface area (Å²) in [7, 11) is -4.08. The number of H-pyrrole nitrogens is 1. The Balaban J connectivity index is 1.66. The molecule has 0 radical (unpaired) electrons. The highest BCUT2D eigenvalue weighted by atomic mass is 32.2. The van der Waals surface area contributed by atoms with Gasteiger partial charge in [-0.1, -0.05) is 12.1 Å². The molecule has 3 aromatic carbocycles. The molecule has 7 nitrogen and oxygen atoms in total. The molecule has 0 fully saturated rings. The number of hydrogen-bond acceptors (Lipinski definition) is 5. The third kappa shape index (κ3) is 5.07. The van der Waals surface area contributed by atoms with Gasteiger partial charge < -0.3 is 9.72 Å². The molecule has 168 valence electrons. The lowest BCUT2D eigenvalue weighted by atomic mass is 10.1. The van der Waals surface area contributed by atoms with E-state index in [1.54, 1.807) is 0 Å². The van der Waals surface area contributed by atoms with Crippen molar-refractivity contribution in [1.82, 2.24) is 4.98 Å². The Morgan fingerprint density at radius 2 is 1.55 bits per heavy atom. The number of pyridine rings is 1. The highest BCUT2D eigenvalue weighted by molar-refractivity contribution is 7.92. The molecule has 0 unspecified atom stereocenters. The third-order valence-corrected chi connectivity index (χ3v) is 6.10. The molecule has 0 amide bonds. The average Bonchev–Trinajstić information content (AvgIpc) is 2.79. The molecule has 0 atom stereocenters. The average molecular weight is 470 g/mol. The number of fused-ring (bicyclic) bond motifs is 1. The molecule has 0 spiro atoms. The zero-order valence-corrected chi connectivity index (χ0v) is 17.7. The smallest absolute Gasteiger partial charge is 0.339 e. The second-order valence-corrected chi connectivity index (χ2v) is 8.75. The number of hydrogen-bond donors (Lipinski definition) is 2. The summed E-state index contributed by atoms with van der Waals surface area (Å²) in [5.74, 6) is -1.80. The van der Waals surface area contributed by atoms with Crippen molar-refractivity contribution >= 4 is 32.6 Å². The van der Waals surface area contributed by atoms with E-state index in [1.165, 1.54) is 54.6 Å². The minimum absolute atomic E-state index is 0.130. The summed E-state index contributed by atoms with van der Waals surface area (Å²) in [5.41, 5.74) is 0.213. The zero-order chi connectivity index (χ0) is 23.6. The Morgan fingerprint density at radius 1 is 0.909 bits per heavy atom. The molecular formula is C23H16F2N2O5S. The van der Waals surface area contributed by atoms with E-state index in [4.69, 9.17) is 4.74 Å². The number of benzene rings is 3. The summed E-state index contributed by atoms with van der Waals surface area (Å²) in [5, 5.41) is 0.153. The van der Waals surface area contributed by atoms with Gasteiger partial charge in [-0.15, -0.1) is 0 Å². The van der Waals surface area contributed by atoms with Crippen molar-refractivity contribution in [2.24, 2.45) is 0 Å². The van der Waals surface area contributed by atoms with Crippen LogP contribution in [0.15, 0.2) is 82.5 Å². The van der Waals surface area contributed by atoms with Gasteiger partial charge in [0, 0.05) is 22.7 Å². The molecule has 0 aliphatic rings. The molecule has 0 saturated carbocycles. The second-order valence-electron chi connectivity index (χ2n) is 7.07. The quantitative estimate of drug-likeness (QED) is 0.415. The van der Waals surface area contributed by atoms with Crippen LogP contribution in [0.1, 0.15) is 15.9 Å². The van der Waals surface area contributed by atoms with Gasteiger partial charge >= 0.3 is 5.97 Å². The number of rotatable bonds is 6. The van der Waals surface area contributed by atoms with Gasteiger partial charge in [-0.3, -0.25) is 9.52 Å². The Labute approximate surface area is 186 Å². The number of carbonyl (C=O) groups excluding carboxylic acids is 1. The van der Waals surface area contributed by atoms with E-state index in [-0.39, 0.29) is 33.7 Å². The van der Waals surface area contributed by atoms with Crippen LogP contribution in [-0.2, 0) is 21.4 Å². The van der Waals surface area contributed by atoms with Crippen molar-refractivity contribution in [3.63, 3.8) is 0 Å². The summed E-state index contributed by atoms with van der Waals surface area (Å²) >= 11 is 0. The first-order valence-corrected chi connectivity index (χ1v) is 11.1. The highest BCUT2D eigenvalue weighted by Gasteiger charge is 2.19. The predicted molar refractivity (Wildman–Crippen MR) is 117 cm³/mol. The molecule has 2 N–H and O–H groups in total. The lowest BCUT2D eigenvalue weighted by Gasteiger charge is -2.11. The fourth-order valence-electron chi connectivity index (χ4n) is 3.11. The summed E-state index contributed by atoms with van der Waals surface area (Å²) in [6.07, 6.45) is 0. The first-order chi connectivity index (χ1) is 15.7. The predicted octanol–water partition coefficient (Wildman–Crippen LogP) is 3.96. The lowest BCUT2D eigenvalue weighted by Crippen LogP contribution is -2.15. The van der Waals surface area contributed by atoms with Gasteiger partial charge in [0.1, 0.15) is 18.2 Å². The summed E-state index contributed by atoms with van der Waals surface area (Å²) in [6, 6.07) is 14.9. The molecule has 0 bridgehead atoms. The topological polar surface area (TPSA) is 105 Å². The van der Waals surface area contributed by atoms with E-state index >= 15 is 0 Å². The van der Waals surface area contributed by atoms with Crippen LogP contribution in [0.3, 0.4) is 0 Å². The van der Waals surface area contributed by atoms with Gasteiger partial charge in [0.15, 0.2) is 0 Å². The van der Waals surface area contributed by atoms with Crippen LogP contribution in [0.2, 0.25) is 0 Å². The maximum absolute atomic E-state index is 13.1. The van der Waals surface area contributed by atoms with Crippen molar-refractivity contribution in [2.75, 3.05) is 4.72 Å². The van der Waals surface area contributed by atoms with Crippen molar-refractivity contribution in [3.8, 4) is 0 Å². The molecule has 1 heterocycles. The Kier molecular flexibility index (Phi) is 5.93. The number of esters is 1. The number of sulfonamides is 1. The van der Waals surface area contributed by atoms with E-state index in [1.807, 2.05) is 0 Å². The van der Waals surface area contributed by atoms with Gasteiger partial charge in [-0.05, 0) is 60.2 Å². The molecule has 0 aliphatic carbocycles. The van der Waals surface area contributed by atoms with Crippen LogP contribution < -0.4 is 10.3 Å². The standard InChI is InChI=1S/C23H16F2N2O5S/c24-15-3-1-14(2-4-15)13-32-23(29)20-12-22(28)26-21-10-9-18(11-19(20)21)33(30,31)27-17-7-5-16(25)6-8-17/h1-12,27H,13H2,(H,26,28). The van der Waals surface area contributed by atoms with Gasteiger partial charge in [-0.25, -0.2) is 22.0 Å². The van der Waals surface area contributed by atoms with Gasteiger partial charge in [0.25, 0.3) is 10.0 Å². The fraction of sp³-hybridized carbons (Fsp3) is 0.0435. The van der Waals surface area contributed by atoms with E-state index in [2.05, 4.69) is 9.71 Å². The summed E-state index contributed by atoms with van der Waals surface area (Å²) in [4.78, 5) is 27.0. The number of ether oxygens (including phenoxy) is 1. The first kappa shape index (κ1) is 22.2. The van der Waals surface area contributed by atoms with E-state index in [0.717, 1.165) is 18.2 Å². The summed E-state index contributed by atoms with van der Waals surface area (Å²) < 4.78 is 59.3. The molecule has 0 saturated heterocycles. The zero-order valence-electron chi connectivity index (χ0n) is 16.8. The highest BCUT2D eigenvalue weighted by Crippen LogP contribution is 2.23. The summed E-state index contributed by atoms with van der Waals surface area (Å²) in [6.45, 7) is -0.169. The Bertz CT molecular complexity index is 1500. The van der Waals surface area contributed by atoms with E-state index in [9.17, 15) is 26.8 Å². The van der Waals surface area contributed by atoms with Gasteiger partial charge in [0.2, 0.25) is 5.56 Å². The van der Waals surface area contributed by atoms with Crippen LogP contribution in [0.4, 0.5) is 14.5 Å². The minimum Gasteiger partial charge on any atom is -0.457 e.